The highest BCUT2D eigenvalue weighted by Crippen LogP contribution is 2.13. The molecule has 0 aliphatic carbocycles. The van der Waals surface area contributed by atoms with Crippen LogP contribution in [0.2, 0.25) is 0 Å². The van der Waals surface area contributed by atoms with E-state index in [0.29, 0.717) is 11.7 Å². The topological polar surface area (TPSA) is 54.9 Å². The summed E-state index contributed by atoms with van der Waals surface area (Å²) >= 11 is 5.19. The standard InChI is InChI=1S/C20H23N3O2S/c26-20(21-14-19-7-4-12-24-19)23-22-13-16-8-10-18(11-9-16)25-15-17-5-2-1-3-6-17/h1-3,5-6,8-11,13,19H,4,7,12,14-15H2,(H2,21,23,26). The van der Waals surface area contributed by atoms with E-state index < -0.39 is 0 Å². The van der Waals surface area contributed by atoms with Crippen LogP contribution in [-0.2, 0) is 11.3 Å². The molecule has 1 atom stereocenters. The largest absolute Gasteiger partial charge is 0.489 e. The zero-order valence-electron chi connectivity index (χ0n) is 14.6. The molecule has 0 saturated carbocycles. The molecule has 2 aromatic carbocycles. The minimum atomic E-state index is 0.252. The Morgan fingerprint density at radius 2 is 2.00 bits per heavy atom. The first kappa shape index (κ1) is 18.4. The number of nitrogens with zero attached hydrogens (tertiary/aromatic N) is 1. The number of benzene rings is 2. The molecular weight excluding hydrogens is 346 g/mol. The fourth-order valence-electron chi connectivity index (χ4n) is 2.61. The third-order valence-corrected chi connectivity index (χ3v) is 4.26. The third-order valence-electron chi connectivity index (χ3n) is 4.02. The molecule has 1 fully saturated rings. The minimum absolute atomic E-state index is 0.252. The van der Waals surface area contributed by atoms with Crippen molar-refractivity contribution in [2.45, 2.75) is 25.6 Å². The monoisotopic (exact) mass is 369 g/mol. The van der Waals surface area contributed by atoms with Crippen LogP contribution in [0.4, 0.5) is 0 Å². The van der Waals surface area contributed by atoms with E-state index in [2.05, 4.69) is 15.8 Å². The van der Waals surface area contributed by atoms with Gasteiger partial charge in [-0.3, -0.25) is 5.43 Å². The van der Waals surface area contributed by atoms with Crippen molar-refractivity contribution in [2.24, 2.45) is 5.10 Å². The summed E-state index contributed by atoms with van der Waals surface area (Å²) < 4.78 is 11.3. The average molecular weight is 369 g/mol. The second kappa shape index (κ2) is 9.89. The smallest absolute Gasteiger partial charge is 0.187 e. The first-order chi connectivity index (χ1) is 12.8. The van der Waals surface area contributed by atoms with Gasteiger partial charge in [0.2, 0.25) is 0 Å². The summed E-state index contributed by atoms with van der Waals surface area (Å²) in [6, 6.07) is 17.9. The van der Waals surface area contributed by atoms with Crippen LogP contribution in [0.25, 0.3) is 0 Å². The first-order valence-electron chi connectivity index (χ1n) is 8.75. The SMILES string of the molecule is S=C(NCC1CCCO1)NN=Cc1ccc(OCc2ccccc2)cc1. The molecule has 1 saturated heterocycles. The molecule has 2 aromatic rings. The molecule has 0 bridgehead atoms. The Balaban J connectivity index is 1.39. The Morgan fingerprint density at radius 3 is 2.73 bits per heavy atom. The summed E-state index contributed by atoms with van der Waals surface area (Å²) in [5.41, 5.74) is 4.93. The average Bonchev–Trinajstić information content (AvgIpc) is 3.20. The third kappa shape index (κ3) is 6.13. The Hall–Kier alpha value is -2.44. The number of hydrogen-bond donors (Lipinski definition) is 2. The van der Waals surface area contributed by atoms with Gasteiger partial charge < -0.3 is 14.8 Å². The van der Waals surface area contributed by atoms with E-state index in [9.17, 15) is 0 Å². The van der Waals surface area contributed by atoms with Gasteiger partial charge in [-0.25, -0.2) is 0 Å². The van der Waals surface area contributed by atoms with Gasteiger partial charge in [-0.2, -0.15) is 5.10 Å². The van der Waals surface area contributed by atoms with Crippen molar-refractivity contribution in [3.05, 3.63) is 65.7 Å². The molecule has 3 rings (SSSR count). The van der Waals surface area contributed by atoms with Crippen LogP contribution in [0.15, 0.2) is 59.7 Å². The predicted molar refractivity (Wildman–Crippen MR) is 108 cm³/mol. The van der Waals surface area contributed by atoms with Gasteiger partial charge in [-0.05, 0) is 60.5 Å². The molecule has 2 N–H and O–H groups in total. The maximum atomic E-state index is 5.77. The van der Waals surface area contributed by atoms with Crippen molar-refractivity contribution in [3.8, 4) is 5.75 Å². The Morgan fingerprint density at radius 1 is 1.19 bits per heavy atom. The van der Waals surface area contributed by atoms with Crippen LogP contribution in [-0.4, -0.2) is 30.6 Å². The van der Waals surface area contributed by atoms with Crippen LogP contribution in [0.1, 0.15) is 24.0 Å². The lowest BCUT2D eigenvalue weighted by Crippen LogP contribution is -2.37. The molecule has 0 amide bonds. The second-order valence-corrected chi connectivity index (χ2v) is 6.47. The van der Waals surface area contributed by atoms with Crippen molar-refractivity contribution < 1.29 is 9.47 Å². The van der Waals surface area contributed by atoms with Gasteiger partial charge in [0.1, 0.15) is 12.4 Å². The lowest BCUT2D eigenvalue weighted by atomic mass is 10.2. The number of ether oxygens (including phenoxy) is 2. The Kier molecular flexibility index (Phi) is 6.98. The molecule has 136 valence electrons. The van der Waals surface area contributed by atoms with Crippen molar-refractivity contribution in [3.63, 3.8) is 0 Å². The van der Waals surface area contributed by atoms with E-state index in [-0.39, 0.29) is 6.10 Å². The Bertz CT molecular complexity index is 714. The minimum Gasteiger partial charge on any atom is -0.489 e. The maximum Gasteiger partial charge on any atom is 0.187 e. The zero-order chi connectivity index (χ0) is 18.0. The van der Waals surface area contributed by atoms with Gasteiger partial charge >= 0.3 is 0 Å². The lowest BCUT2D eigenvalue weighted by molar-refractivity contribution is 0.114. The van der Waals surface area contributed by atoms with E-state index in [1.165, 1.54) is 0 Å². The number of nitrogens with one attached hydrogen (secondary N) is 2. The van der Waals surface area contributed by atoms with E-state index in [4.69, 9.17) is 21.7 Å². The molecule has 1 aliphatic heterocycles. The second-order valence-electron chi connectivity index (χ2n) is 6.06. The summed E-state index contributed by atoms with van der Waals surface area (Å²) in [5.74, 6) is 0.827. The van der Waals surface area contributed by atoms with E-state index in [1.54, 1.807) is 6.21 Å². The van der Waals surface area contributed by atoms with Crippen LogP contribution in [0.5, 0.6) is 5.75 Å². The molecule has 26 heavy (non-hydrogen) atoms. The molecule has 5 nitrogen and oxygen atoms in total. The summed E-state index contributed by atoms with van der Waals surface area (Å²) in [7, 11) is 0. The number of hydrazone groups is 1. The van der Waals surface area contributed by atoms with Gasteiger partial charge in [0.25, 0.3) is 0 Å². The zero-order valence-corrected chi connectivity index (χ0v) is 15.4. The fraction of sp³-hybridized carbons (Fsp3) is 0.300. The number of thiocarbonyl (C=S) groups is 1. The van der Waals surface area contributed by atoms with E-state index in [1.807, 2.05) is 54.6 Å². The van der Waals surface area contributed by atoms with Gasteiger partial charge in [-0.15, -0.1) is 0 Å². The highest BCUT2D eigenvalue weighted by Gasteiger charge is 2.14. The van der Waals surface area contributed by atoms with Crippen molar-refractivity contribution in [1.82, 2.24) is 10.7 Å². The highest BCUT2D eigenvalue weighted by atomic mass is 32.1. The normalized spacial score (nSPS) is 16.5. The molecule has 0 spiro atoms. The molecule has 0 aromatic heterocycles. The van der Waals surface area contributed by atoms with Crippen LogP contribution in [0, 0.1) is 0 Å². The quantitative estimate of drug-likeness (QED) is 0.446. The van der Waals surface area contributed by atoms with Crippen LogP contribution < -0.4 is 15.5 Å². The Labute approximate surface area is 159 Å². The van der Waals surface area contributed by atoms with Crippen molar-refractivity contribution >= 4 is 23.5 Å². The summed E-state index contributed by atoms with van der Waals surface area (Å²) in [5, 5.41) is 7.76. The van der Waals surface area contributed by atoms with E-state index >= 15 is 0 Å². The lowest BCUT2D eigenvalue weighted by Gasteiger charge is -2.11. The van der Waals surface area contributed by atoms with E-state index in [0.717, 1.165) is 42.9 Å². The number of rotatable bonds is 7. The molecule has 1 unspecified atom stereocenters. The fourth-order valence-corrected chi connectivity index (χ4v) is 2.74. The molecule has 0 radical (unpaired) electrons. The molecular formula is C20H23N3O2S. The first-order valence-corrected chi connectivity index (χ1v) is 9.16. The van der Waals surface area contributed by atoms with Gasteiger partial charge in [0.05, 0.1) is 12.3 Å². The van der Waals surface area contributed by atoms with Gasteiger partial charge in [0.15, 0.2) is 5.11 Å². The summed E-state index contributed by atoms with van der Waals surface area (Å²) in [6.45, 7) is 2.12. The van der Waals surface area contributed by atoms with Crippen LogP contribution in [0.3, 0.4) is 0 Å². The van der Waals surface area contributed by atoms with Crippen LogP contribution >= 0.6 is 12.2 Å². The summed E-state index contributed by atoms with van der Waals surface area (Å²) in [4.78, 5) is 0. The summed E-state index contributed by atoms with van der Waals surface area (Å²) in [6.07, 6.45) is 4.18. The molecule has 1 heterocycles. The maximum absolute atomic E-state index is 5.77. The predicted octanol–water partition coefficient (Wildman–Crippen LogP) is 3.24. The van der Waals surface area contributed by atoms with Crippen molar-refractivity contribution in [2.75, 3.05) is 13.2 Å². The number of hydrogen-bond acceptors (Lipinski definition) is 4. The van der Waals surface area contributed by atoms with Gasteiger partial charge in [0, 0.05) is 13.2 Å². The van der Waals surface area contributed by atoms with Crippen molar-refractivity contribution in [1.29, 1.82) is 0 Å². The highest BCUT2D eigenvalue weighted by molar-refractivity contribution is 7.80. The molecule has 6 heteroatoms. The molecule has 1 aliphatic rings. The van der Waals surface area contributed by atoms with Gasteiger partial charge in [-0.1, -0.05) is 30.3 Å².